The molecule has 4 aromatic rings. The zero-order valence-electron chi connectivity index (χ0n) is 22.5. The number of morpholine rings is 1. The molecule has 0 aliphatic carbocycles. The zero-order chi connectivity index (χ0) is 28.3. The SMILES string of the molecule is CC1N(c2ccc[nH]c2=O)CCOC12COC2.CO.FC(F)c1nc(N2CCCC2)c2oc3ccccc3c2n1. The molecule has 2 N–H and O–H groups in total. The van der Waals surface area contributed by atoms with E-state index in [1.165, 1.54) is 0 Å². The zero-order valence-corrected chi connectivity index (χ0v) is 22.5. The maximum Gasteiger partial charge on any atom is 0.297 e. The second-order valence-corrected chi connectivity index (χ2v) is 9.84. The van der Waals surface area contributed by atoms with Crippen LogP contribution in [0.3, 0.4) is 0 Å². The fourth-order valence-electron chi connectivity index (χ4n) is 5.38. The summed E-state index contributed by atoms with van der Waals surface area (Å²) >= 11 is 0. The van der Waals surface area contributed by atoms with Crippen LogP contribution in [0, 0.1) is 0 Å². The topological polar surface area (TPSA) is 117 Å². The van der Waals surface area contributed by atoms with Gasteiger partial charge in [0.25, 0.3) is 12.0 Å². The van der Waals surface area contributed by atoms with Gasteiger partial charge in [-0.05, 0) is 44.0 Å². The van der Waals surface area contributed by atoms with Gasteiger partial charge in [-0.3, -0.25) is 4.79 Å². The highest BCUT2D eigenvalue weighted by atomic mass is 19.3. The van der Waals surface area contributed by atoms with Crippen molar-refractivity contribution in [3.63, 3.8) is 0 Å². The van der Waals surface area contributed by atoms with E-state index in [1.54, 1.807) is 6.20 Å². The van der Waals surface area contributed by atoms with Gasteiger partial charge in [0.05, 0.1) is 25.9 Å². The van der Waals surface area contributed by atoms with Crippen molar-refractivity contribution in [1.29, 1.82) is 0 Å². The van der Waals surface area contributed by atoms with E-state index in [2.05, 4.69) is 26.8 Å². The first-order chi connectivity index (χ1) is 19.5. The van der Waals surface area contributed by atoms with Crippen molar-refractivity contribution >= 4 is 33.6 Å². The maximum absolute atomic E-state index is 13.1. The largest absolute Gasteiger partial charge is 0.450 e. The number of aromatic nitrogens is 3. The molecular weight excluding hydrogens is 524 g/mol. The predicted molar refractivity (Wildman–Crippen MR) is 147 cm³/mol. The summed E-state index contributed by atoms with van der Waals surface area (Å²) in [5.41, 5.74) is 2.07. The molecule has 3 fully saturated rings. The number of H-pyrrole nitrogens is 1. The van der Waals surface area contributed by atoms with Gasteiger partial charge in [-0.2, -0.15) is 0 Å². The minimum atomic E-state index is -2.69. The van der Waals surface area contributed by atoms with E-state index in [1.807, 2.05) is 41.3 Å². The summed E-state index contributed by atoms with van der Waals surface area (Å²) in [6.45, 7) is 6.34. The van der Waals surface area contributed by atoms with Gasteiger partial charge < -0.3 is 33.8 Å². The second-order valence-electron chi connectivity index (χ2n) is 9.84. The minimum absolute atomic E-state index is 0.0448. The molecule has 1 spiro atoms. The maximum atomic E-state index is 13.1. The lowest BCUT2D eigenvalue weighted by molar-refractivity contribution is -0.228. The number of anilines is 2. The second kappa shape index (κ2) is 11.9. The van der Waals surface area contributed by atoms with Gasteiger partial charge >= 0.3 is 0 Å². The molecule has 3 aromatic heterocycles. The third-order valence-electron chi connectivity index (χ3n) is 7.57. The summed E-state index contributed by atoms with van der Waals surface area (Å²) in [5, 5.41) is 7.75. The summed E-state index contributed by atoms with van der Waals surface area (Å²) in [7, 11) is 1.00. The Kier molecular flexibility index (Phi) is 8.29. The Morgan fingerprint density at radius 3 is 2.50 bits per heavy atom. The van der Waals surface area contributed by atoms with Crippen LogP contribution >= 0.6 is 0 Å². The number of furan rings is 1. The molecule has 3 saturated heterocycles. The van der Waals surface area contributed by atoms with Crippen LogP contribution < -0.4 is 15.4 Å². The normalized spacial score (nSPS) is 19.8. The number of hydrogen-bond acceptors (Lipinski definition) is 9. The highest BCUT2D eigenvalue weighted by Crippen LogP contribution is 2.36. The summed E-state index contributed by atoms with van der Waals surface area (Å²) in [6.07, 6.45) is 1.04. The van der Waals surface area contributed by atoms with E-state index >= 15 is 0 Å². The van der Waals surface area contributed by atoms with Crippen LogP contribution in [0.4, 0.5) is 20.3 Å². The third kappa shape index (κ3) is 5.14. The van der Waals surface area contributed by atoms with Crippen LogP contribution in [0.25, 0.3) is 22.1 Å². The van der Waals surface area contributed by atoms with Crippen molar-refractivity contribution in [1.82, 2.24) is 15.0 Å². The van der Waals surface area contributed by atoms with Crippen LogP contribution in [0.15, 0.2) is 51.8 Å². The first-order valence-electron chi connectivity index (χ1n) is 13.3. The van der Waals surface area contributed by atoms with E-state index < -0.39 is 12.2 Å². The Morgan fingerprint density at radius 1 is 1.07 bits per heavy atom. The van der Waals surface area contributed by atoms with Crippen molar-refractivity contribution in [2.75, 3.05) is 56.4 Å². The third-order valence-corrected chi connectivity index (χ3v) is 7.57. The van der Waals surface area contributed by atoms with Gasteiger partial charge in [0.15, 0.2) is 17.2 Å². The van der Waals surface area contributed by atoms with Gasteiger partial charge in [0.1, 0.15) is 22.4 Å². The van der Waals surface area contributed by atoms with E-state index in [9.17, 15) is 13.6 Å². The fraction of sp³-hybridized carbons (Fsp3) is 0.464. The summed E-state index contributed by atoms with van der Waals surface area (Å²) in [4.78, 5) is 26.7. The lowest BCUT2D eigenvalue weighted by Gasteiger charge is -2.53. The van der Waals surface area contributed by atoms with Crippen molar-refractivity contribution in [3.05, 3.63) is 58.8 Å². The number of aromatic amines is 1. The van der Waals surface area contributed by atoms with E-state index in [-0.39, 0.29) is 17.2 Å². The van der Waals surface area contributed by atoms with Crippen molar-refractivity contribution in [3.8, 4) is 0 Å². The molecule has 0 amide bonds. The molecule has 6 heterocycles. The highest BCUT2D eigenvalue weighted by Gasteiger charge is 2.50. The molecule has 40 heavy (non-hydrogen) atoms. The predicted octanol–water partition coefficient (Wildman–Crippen LogP) is 3.89. The first kappa shape index (κ1) is 27.9. The molecule has 10 nitrogen and oxygen atoms in total. The van der Waals surface area contributed by atoms with Gasteiger partial charge in [0.2, 0.25) is 0 Å². The number of ether oxygens (including phenoxy) is 2. The van der Waals surface area contributed by atoms with Crippen LogP contribution in [0.1, 0.15) is 32.0 Å². The average molecular weight is 558 g/mol. The quantitative estimate of drug-likeness (QED) is 0.387. The number of nitrogens with zero attached hydrogens (tertiary/aromatic N) is 4. The fourth-order valence-corrected chi connectivity index (χ4v) is 5.38. The van der Waals surface area contributed by atoms with Gasteiger partial charge in [-0.15, -0.1) is 0 Å². The molecule has 7 rings (SSSR count). The van der Waals surface area contributed by atoms with Crippen molar-refractivity contribution in [2.24, 2.45) is 0 Å². The van der Waals surface area contributed by atoms with Crippen molar-refractivity contribution < 1.29 is 27.8 Å². The number of rotatable bonds is 3. The molecule has 1 atom stereocenters. The number of para-hydroxylation sites is 1. The standard InChI is InChI=1S/C15H13F2N3O.C12H16N2O3.CH4O/c16-13(17)14-18-11-9-5-1-2-6-10(9)21-12(11)15(19-14)20-7-3-4-8-20;1-9-12(7-16-8-12)17-6-5-14(9)10-3-2-4-13-11(10)15;1-2/h1-2,5-6,13H,3-4,7-8H2;2-4,9H,5-8H2,1H3,(H,13,15);2H,1H3. The smallest absolute Gasteiger partial charge is 0.297 e. The van der Waals surface area contributed by atoms with Gasteiger partial charge in [-0.25, -0.2) is 18.7 Å². The monoisotopic (exact) mass is 557 g/mol. The molecule has 1 aromatic carbocycles. The first-order valence-corrected chi connectivity index (χ1v) is 13.3. The highest BCUT2D eigenvalue weighted by molar-refractivity contribution is 6.05. The number of nitrogens with one attached hydrogen (secondary N) is 1. The number of fused-ring (bicyclic) bond motifs is 3. The van der Waals surface area contributed by atoms with Crippen LogP contribution in [-0.4, -0.2) is 78.3 Å². The van der Waals surface area contributed by atoms with Crippen LogP contribution in [0.2, 0.25) is 0 Å². The van der Waals surface area contributed by atoms with E-state index in [4.69, 9.17) is 19.0 Å². The summed E-state index contributed by atoms with van der Waals surface area (Å²) in [5.74, 6) is 0.0555. The van der Waals surface area contributed by atoms with Gasteiger partial charge in [-0.1, -0.05) is 12.1 Å². The number of halogens is 2. The van der Waals surface area contributed by atoms with Crippen LogP contribution in [-0.2, 0) is 9.47 Å². The Hall–Kier alpha value is -3.61. The van der Waals surface area contributed by atoms with E-state index in [0.717, 1.165) is 50.7 Å². The molecular formula is C28H33F2N5O5. The lowest BCUT2D eigenvalue weighted by Crippen LogP contribution is -2.68. The van der Waals surface area contributed by atoms with Crippen LogP contribution in [0.5, 0.6) is 0 Å². The molecule has 214 valence electrons. The number of hydrogen-bond donors (Lipinski definition) is 2. The Labute approximate surface area is 229 Å². The summed E-state index contributed by atoms with van der Waals surface area (Å²) in [6, 6.07) is 11.2. The molecule has 12 heteroatoms. The number of aliphatic hydroxyl groups excluding tert-OH is 1. The number of aliphatic hydroxyl groups is 1. The molecule has 1 unspecified atom stereocenters. The Balaban J connectivity index is 0.000000155. The molecule has 3 aliphatic heterocycles. The minimum Gasteiger partial charge on any atom is -0.450 e. The number of benzene rings is 1. The number of pyridine rings is 1. The van der Waals surface area contributed by atoms with Crippen molar-refractivity contribution in [2.45, 2.75) is 37.8 Å². The molecule has 0 bridgehead atoms. The Bertz CT molecular complexity index is 1500. The molecule has 0 saturated carbocycles. The molecule has 0 radical (unpaired) electrons. The van der Waals surface area contributed by atoms with Gasteiger partial charge in [0, 0.05) is 38.3 Å². The molecule has 3 aliphatic rings. The average Bonchev–Trinajstić information content (AvgIpc) is 3.62. The van der Waals surface area contributed by atoms with E-state index in [0.29, 0.717) is 42.3 Å². The lowest BCUT2D eigenvalue weighted by atomic mass is 9.90. The number of alkyl halides is 2. The summed E-state index contributed by atoms with van der Waals surface area (Å²) < 4.78 is 43.1. The Morgan fingerprint density at radius 2 is 1.82 bits per heavy atom.